The van der Waals surface area contributed by atoms with E-state index in [4.69, 9.17) is 39.3 Å². The number of rotatable bonds is 7. The highest BCUT2D eigenvalue weighted by atomic mass is 35.5. The number of halogens is 3. The fraction of sp³-hybridized carbons (Fsp3) is 1.00. The van der Waals surface area contributed by atoms with Crippen LogP contribution in [0.4, 0.5) is 0 Å². The molecule has 0 saturated carbocycles. The Morgan fingerprint density at radius 2 is 1.50 bits per heavy atom. The first-order valence-corrected chi connectivity index (χ1v) is 7.19. The van der Waals surface area contributed by atoms with Crippen LogP contribution in [-0.2, 0) is 9.09 Å². The zero-order chi connectivity index (χ0) is 9.45. The van der Waals surface area contributed by atoms with E-state index in [0.29, 0.717) is 36.6 Å². The first-order valence-electron chi connectivity index (χ1n) is 3.59. The monoisotopic (exact) mass is 252 g/mol. The molecule has 0 aliphatic carbocycles. The minimum Gasteiger partial charge on any atom is -0.327 e. The maximum absolute atomic E-state index is 11.7. The zero-order valence-electron chi connectivity index (χ0n) is 6.64. The van der Waals surface area contributed by atoms with Crippen LogP contribution in [0.25, 0.3) is 0 Å². The largest absolute Gasteiger partial charge is 0.327 e. The van der Waals surface area contributed by atoms with Crippen LogP contribution in [0, 0.1) is 0 Å². The molecule has 0 spiro atoms. The van der Waals surface area contributed by atoms with Crippen LogP contribution in [-0.4, -0.2) is 36.6 Å². The van der Waals surface area contributed by atoms with Crippen molar-refractivity contribution in [1.29, 1.82) is 0 Å². The first-order chi connectivity index (χ1) is 5.68. The van der Waals surface area contributed by atoms with E-state index in [0.717, 1.165) is 0 Å². The number of hydrogen-bond donors (Lipinski definition) is 0. The van der Waals surface area contributed by atoms with Crippen molar-refractivity contribution in [1.82, 2.24) is 0 Å². The van der Waals surface area contributed by atoms with E-state index in [2.05, 4.69) is 0 Å². The van der Waals surface area contributed by atoms with Crippen LogP contribution in [0.3, 0.4) is 0 Å². The molecule has 0 fully saturated rings. The molecule has 0 aliphatic heterocycles. The van der Waals surface area contributed by atoms with Crippen molar-refractivity contribution in [2.24, 2.45) is 0 Å². The van der Waals surface area contributed by atoms with Crippen LogP contribution >= 0.6 is 42.2 Å². The van der Waals surface area contributed by atoms with Crippen LogP contribution in [0.1, 0.15) is 0 Å². The first kappa shape index (κ1) is 13.1. The maximum atomic E-state index is 11.7. The molecule has 2 nitrogen and oxygen atoms in total. The molecule has 0 N–H and O–H groups in total. The second kappa shape index (κ2) is 7.46. The summed E-state index contributed by atoms with van der Waals surface area (Å²) in [6.07, 6.45) is 0.746. The lowest BCUT2D eigenvalue weighted by Gasteiger charge is -2.15. The average Bonchev–Trinajstić information content (AvgIpc) is 2.02. The summed E-state index contributed by atoms with van der Waals surface area (Å²) >= 11 is 16.3. The molecular formula is C6H12Cl3O2P. The van der Waals surface area contributed by atoms with Gasteiger partial charge in [-0.3, -0.25) is 4.57 Å². The molecule has 0 aromatic rings. The summed E-state index contributed by atoms with van der Waals surface area (Å²) in [4.78, 5) is 0. The second-order valence-electron chi connectivity index (χ2n) is 2.16. The third-order valence-corrected chi connectivity index (χ3v) is 4.78. The predicted molar refractivity (Wildman–Crippen MR) is 55.5 cm³/mol. The predicted octanol–water partition coefficient (Wildman–Crippen LogP) is 3.00. The van der Waals surface area contributed by atoms with Gasteiger partial charge in [0, 0.05) is 30.0 Å². The average molecular weight is 253 g/mol. The molecule has 0 atom stereocenters. The lowest BCUT2D eigenvalue weighted by atomic mass is 10.9. The van der Waals surface area contributed by atoms with E-state index in [1.165, 1.54) is 0 Å². The Labute approximate surface area is 88.0 Å². The zero-order valence-corrected chi connectivity index (χ0v) is 9.80. The quantitative estimate of drug-likeness (QED) is 0.515. The Morgan fingerprint density at radius 1 is 1.00 bits per heavy atom. The smallest absolute Gasteiger partial charge is 0.205 e. The van der Waals surface area contributed by atoms with E-state index in [1.807, 2.05) is 0 Å². The Bertz CT molecular complexity index is 144. The van der Waals surface area contributed by atoms with E-state index >= 15 is 0 Å². The molecule has 0 rings (SSSR count). The minimum absolute atomic E-state index is 0.298. The van der Waals surface area contributed by atoms with Gasteiger partial charge in [0.1, 0.15) is 0 Å². The Balaban J connectivity index is 3.90. The lowest BCUT2D eigenvalue weighted by Crippen LogP contribution is -2.04. The van der Waals surface area contributed by atoms with Crippen molar-refractivity contribution >= 4 is 42.2 Å². The molecule has 0 radical (unpaired) electrons. The molecule has 6 heteroatoms. The van der Waals surface area contributed by atoms with Gasteiger partial charge in [0.2, 0.25) is 7.37 Å². The molecule has 12 heavy (non-hydrogen) atoms. The second-order valence-corrected chi connectivity index (χ2v) is 6.08. The van der Waals surface area contributed by atoms with Crippen LogP contribution in [0.5, 0.6) is 0 Å². The highest BCUT2D eigenvalue weighted by Gasteiger charge is 2.20. The highest BCUT2D eigenvalue weighted by Crippen LogP contribution is 2.46. The molecule has 0 bridgehead atoms. The van der Waals surface area contributed by atoms with Gasteiger partial charge in [-0.05, 0) is 0 Å². The summed E-state index contributed by atoms with van der Waals surface area (Å²) in [5, 5.41) is 0. The third kappa shape index (κ3) is 5.66. The summed E-state index contributed by atoms with van der Waals surface area (Å²) in [5.41, 5.74) is 0. The van der Waals surface area contributed by atoms with E-state index in [-0.39, 0.29) is 0 Å². The van der Waals surface area contributed by atoms with E-state index in [9.17, 15) is 4.57 Å². The van der Waals surface area contributed by atoms with Gasteiger partial charge >= 0.3 is 0 Å². The van der Waals surface area contributed by atoms with Crippen LogP contribution in [0.15, 0.2) is 0 Å². The molecule has 0 amide bonds. The van der Waals surface area contributed by atoms with Crippen molar-refractivity contribution in [3.8, 4) is 0 Å². The van der Waals surface area contributed by atoms with Crippen molar-refractivity contribution in [3.05, 3.63) is 0 Å². The van der Waals surface area contributed by atoms with Gasteiger partial charge in [-0.1, -0.05) is 0 Å². The van der Waals surface area contributed by atoms with Crippen molar-refractivity contribution in [3.63, 3.8) is 0 Å². The maximum Gasteiger partial charge on any atom is 0.205 e. The van der Waals surface area contributed by atoms with Crippen LogP contribution < -0.4 is 0 Å². The molecule has 0 aromatic carbocycles. The summed E-state index contributed by atoms with van der Waals surface area (Å²) in [6, 6.07) is 0. The fourth-order valence-electron chi connectivity index (χ4n) is 0.699. The summed E-state index contributed by atoms with van der Waals surface area (Å²) < 4.78 is 16.8. The topological polar surface area (TPSA) is 26.3 Å². The Kier molecular flexibility index (Phi) is 8.12. The normalized spacial score (nSPS) is 11.9. The minimum atomic E-state index is -2.58. The van der Waals surface area contributed by atoms with Gasteiger partial charge in [-0.15, -0.1) is 34.8 Å². The molecule has 0 aliphatic rings. The SMILES string of the molecule is O=P(CCCl)(CCCl)OCCCl. The molecule has 0 heterocycles. The molecule has 0 aromatic heterocycles. The van der Waals surface area contributed by atoms with Crippen LogP contribution in [0.2, 0.25) is 0 Å². The van der Waals surface area contributed by atoms with Gasteiger partial charge in [0.05, 0.1) is 6.61 Å². The molecule has 74 valence electrons. The summed E-state index contributed by atoms with van der Waals surface area (Å²) in [7, 11) is -2.58. The highest BCUT2D eigenvalue weighted by molar-refractivity contribution is 7.59. The van der Waals surface area contributed by atoms with Gasteiger partial charge in [-0.2, -0.15) is 0 Å². The lowest BCUT2D eigenvalue weighted by molar-refractivity contribution is 0.337. The Hall–Kier alpha value is 1.06. The van der Waals surface area contributed by atoms with Crippen molar-refractivity contribution in [2.45, 2.75) is 0 Å². The van der Waals surface area contributed by atoms with Crippen molar-refractivity contribution < 1.29 is 9.09 Å². The van der Waals surface area contributed by atoms with Gasteiger partial charge in [-0.25, -0.2) is 0 Å². The number of alkyl halides is 3. The van der Waals surface area contributed by atoms with Gasteiger partial charge in [0.25, 0.3) is 0 Å². The van der Waals surface area contributed by atoms with Gasteiger partial charge < -0.3 is 4.52 Å². The van der Waals surface area contributed by atoms with Crippen molar-refractivity contribution in [2.75, 3.05) is 36.6 Å². The van der Waals surface area contributed by atoms with E-state index in [1.54, 1.807) is 0 Å². The molecule has 0 unspecified atom stereocenters. The summed E-state index contributed by atoms with van der Waals surface area (Å²) in [5.74, 6) is 1.00. The fourth-order valence-corrected chi connectivity index (χ4v) is 3.85. The summed E-state index contributed by atoms with van der Waals surface area (Å²) in [6.45, 7) is 0.298. The van der Waals surface area contributed by atoms with E-state index < -0.39 is 7.37 Å². The Morgan fingerprint density at radius 3 is 1.83 bits per heavy atom. The molecule has 0 saturated heterocycles. The number of hydrogen-bond acceptors (Lipinski definition) is 2. The molecular weight excluding hydrogens is 241 g/mol. The van der Waals surface area contributed by atoms with Gasteiger partial charge in [0.15, 0.2) is 0 Å². The third-order valence-electron chi connectivity index (χ3n) is 1.25. The standard InChI is InChI=1S/C6H12Cl3O2P/c7-1-4-11-12(10,5-2-8)6-3-9/h1-6H2.